The van der Waals surface area contributed by atoms with Gasteiger partial charge in [-0.3, -0.25) is 4.90 Å². The number of halogens is 2. The van der Waals surface area contributed by atoms with Crippen molar-refractivity contribution in [2.45, 2.75) is 44.2 Å². The number of nitrogens with zero attached hydrogens (tertiary/aromatic N) is 1. The van der Waals surface area contributed by atoms with E-state index in [0.29, 0.717) is 17.1 Å². The fraction of sp³-hybridized carbons (Fsp3) is 0.625. The smallest absolute Gasteiger partial charge is 0.129 e. The van der Waals surface area contributed by atoms with Crippen LogP contribution < -0.4 is 5.32 Å². The number of benzene rings is 1. The Kier molecular flexibility index (Phi) is 4.29. The van der Waals surface area contributed by atoms with Gasteiger partial charge in [-0.15, -0.1) is 0 Å². The Morgan fingerprint density at radius 3 is 2.80 bits per heavy atom. The normalized spacial score (nSPS) is 23.1. The first-order chi connectivity index (χ1) is 9.71. The van der Waals surface area contributed by atoms with E-state index in [0.717, 1.165) is 19.6 Å². The topological polar surface area (TPSA) is 15.3 Å². The molecule has 0 atom stereocenters. The van der Waals surface area contributed by atoms with Gasteiger partial charge in [0.2, 0.25) is 0 Å². The quantitative estimate of drug-likeness (QED) is 0.897. The minimum absolute atomic E-state index is 0.179. The first-order valence-electron chi connectivity index (χ1n) is 7.60. The van der Waals surface area contributed by atoms with Crippen molar-refractivity contribution >= 4 is 11.6 Å². The van der Waals surface area contributed by atoms with Gasteiger partial charge in [-0.25, -0.2) is 4.39 Å². The molecule has 110 valence electrons. The lowest BCUT2D eigenvalue weighted by Crippen LogP contribution is -2.61. The summed E-state index contributed by atoms with van der Waals surface area (Å²) in [4.78, 5) is 2.47. The van der Waals surface area contributed by atoms with Crippen LogP contribution in [0, 0.1) is 5.82 Å². The van der Waals surface area contributed by atoms with Crippen molar-refractivity contribution < 1.29 is 4.39 Å². The molecule has 2 fully saturated rings. The highest BCUT2D eigenvalue weighted by atomic mass is 35.5. The molecular weight excluding hydrogens is 275 g/mol. The van der Waals surface area contributed by atoms with Crippen molar-refractivity contribution in [3.05, 3.63) is 34.6 Å². The van der Waals surface area contributed by atoms with Crippen molar-refractivity contribution in [3.8, 4) is 0 Å². The summed E-state index contributed by atoms with van der Waals surface area (Å²) in [5.41, 5.74) is 0.864. The Bertz CT molecular complexity index is 443. The van der Waals surface area contributed by atoms with Crippen LogP contribution in [0.15, 0.2) is 18.2 Å². The lowest BCUT2D eigenvalue weighted by molar-refractivity contribution is 0.0201. The van der Waals surface area contributed by atoms with Crippen LogP contribution in [-0.4, -0.2) is 30.1 Å². The van der Waals surface area contributed by atoms with E-state index in [4.69, 9.17) is 11.6 Å². The highest BCUT2D eigenvalue weighted by molar-refractivity contribution is 6.31. The van der Waals surface area contributed by atoms with Crippen molar-refractivity contribution in [2.24, 2.45) is 0 Å². The van der Waals surface area contributed by atoms with E-state index >= 15 is 0 Å². The van der Waals surface area contributed by atoms with Gasteiger partial charge < -0.3 is 5.32 Å². The monoisotopic (exact) mass is 296 g/mol. The van der Waals surface area contributed by atoms with Crippen LogP contribution in [0.4, 0.5) is 4.39 Å². The van der Waals surface area contributed by atoms with E-state index in [-0.39, 0.29) is 11.4 Å². The summed E-state index contributed by atoms with van der Waals surface area (Å²) in [5.74, 6) is -0.179. The summed E-state index contributed by atoms with van der Waals surface area (Å²) in [6.07, 6.45) is 6.32. The van der Waals surface area contributed by atoms with Crippen molar-refractivity contribution in [2.75, 3.05) is 19.6 Å². The Labute approximate surface area is 125 Å². The molecule has 2 nitrogen and oxygen atoms in total. The second kappa shape index (κ2) is 6.00. The summed E-state index contributed by atoms with van der Waals surface area (Å²) in [5, 5.41) is 4.07. The summed E-state index contributed by atoms with van der Waals surface area (Å²) in [7, 11) is 0. The number of nitrogens with one attached hydrogen (secondary N) is 1. The van der Waals surface area contributed by atoms with E-state index < -0.39 is 0 Å². The Morgan fingerprint density at radius 1 is 1.25 bits per heavy atom. The first kappa shape index (κ1) is 14.3. The van der Waals surface area contributed by atoms with Crippen LogP contribution in [0.2, 0.25) is 5.02 Å². The van der Waals surface area contributed by atoms with Crippen molar-refractivity contribution in [1.82, 2.24) is 10.2 Å². The predicted molar refractivity (Wildman–Crippen MR) is 80.5 cm³/mol. The van der Waals surface area contributed by atoms with Crippen LogP contribution in [0.25, 0.3) is 0 Å². The summed E-state index contributed by atoms with van der Waals surface area (Å²) >= 11 is 6.19. The molecule has 1 aliphatic carbocycles. The van der Waals surface area contributed by atoms with E-state index in [9.17, 15) is 4.39 Å². The summed E-state index contributed by atoms with van der Waals surface area (Å²) in [6.45, 7) is 3.62. The summed E-state index contributed by atoms with van der Waals surface area (Å²) in [6, 6.07) is 4.97. The maximum atomic E-state index is 14.0. The van der Waals surface area contributed by atoms with E-state index in [1.165, 1.54) is 38.2 Å². The van der Waals surface area contributed by atoms with Crippen LogP contribution >= 0.6 is 11.6 Å². The molecule has 1 N–H and O–H groups in total. The minimum atomic E-state index is -0.179. The highest BCUT2D eigenvalue weighted by Gasteiger charge is 2.39. The third-order valence-corrected chi connectivity index (χ3v) is 5.23. The average Bonchev–Trinajstić information content (AvgIpc) is 2.46. The largest absolute Gasteiger partial charge is 0.314 e. The number of hydrogen-bond donors (Lipinski definition) is 1. The Morgan fingerprint density at radius 2 is 2.05 bits per heavy atom. The molecule has 20 heavy (non-hydrogen) atoms. The predicted octanol–water partition coefficient (Wildman–Crippen LogP) is 3.59. The number of rotatable bonds is 2. The van der Waals surface area contributed by atoms with Gasteiger partial charge in [-0.2, -0.15) is 0 Å². The molecule has 0 amide bonds. The molecule has 1 heterocycles. The van der Waals surface area contributed by atoms with E-state index in [1.807, 2.05) is 0 Å². The fourth-order valence-electron chi connectivity index (χ4n) is 3.71. The molecule has 1 aliphatic heterocycles. The SMILES string of the molecule is Fc1cccc(Cl)c1CN1CCNCC12CCCCC2. The lowest BCUT2D eigenvalue weighted by Gasteiger charge is -2.50. The maximum absolute atomic E-state index is 14.0. The molecule has 4 heteroatoms. The maximum Gasteiger partial charge on any atom is 0.129 e. The van der Waals surface area contributed by atoms with Crippen molar-refractivity contribution in [1.29, 1.82) is 0 Å². The third-order valence-electron chi connectivity index (χ3n) is 4.88. The molecule has 0 bridgehead atoms. The van der Waals surface area contributed by atoms with Crippen LogP contribution in [-0.2, 0) is 6.54 Å². The molecular formula is C16H22ClFN2. The molecule has 2 aliphatic rings. The molecule has 0 aromatic heterocycles. The van der Waals surface area contributed by atoms with Gasteiger partial charge in [-0.05, 0) is 25.0 Å². The van der Waals surface area contributed by atoms with Crippen LogP contribution in [0.5, 0.6) is 0 Å². The molecule has 0 radical (unpaired) electrons. The van der Waals surface area contributed by atoms with Crippen molar-refractivity contribution in [3.63, 3.8) is 0 Å². The van der Waals surface area contributed by atoms with Crippen LogP contribution in [0.1, 0.15) is 37.7 Å². The fourth-order valence-corrected chi connectivity index (χ4v) is 3.93. The molecule has 1 aromatic carbocycles. The van der Waals surface area contributed by atoms with Gasteiger partial charge >= 0.3 is 0 Å². The van der Waals surface area contributed by atoms with Gasteiger partial charge in [0.25, 0.3) is 0 Å². The lowest BCUT2D eigenvalue weighted by atomic mass is 9.79. The zero-order valence-corrected chi connectivity index (χ0v) is 12.6. The molecule has 1 saturated heterocycles. The second-order valence-electron chi connectivity index (χ2n) is 6.08. The van der Waals surface area contributed by atoms with Gasteiger partial charge in [-0.1, -0.05) is 36.9 Å². The second-order valence-corrected chi connectivity index (χ2v) is 6.49. The van der Waals surface area contributed by atoms with E-state index in [1.54, 1.807) is 12.1 Å². The zero-order chi connectivity index (χ0) is 14.0. The van der Waals surface area contributed by atoms with Gasteiger partial charge in [0.15, 0.2) is 0 Å². The third kappa shape index (κ3) is 2.72. The highest BCUT2D eigenvalue weighted by Crippen LogP contribution is 2.36. The molecule has 3 rings (SSSR count). The average molecular weight is 297 g/mol. The molecule has 1 spiro atoms. The molecule has 1 aromatic rings. The zero-order valence-electron chi connectivity index (χ0n) is 11.8. The van der Waals surface area contributed by atoms with Gasteiger partial charge in [0.1, 0.15) is 5.82 Å². The first-order valence-corrected chi connectivity index (χ1v) is 7.98. The van der Waals surface area contributed by atoms with Gasteiger partial charge in [0, 0.05) is 42.3 Å². The Balaban J connectivity index is 1.83. The van der Waals surface area contributed by atoms with Crippen LogP contribution in [0.3, 0.4) is 0 Å². The standard InChI is InChI=1S/C16H22ClFN2/c17-14-5-4-6-15(18)13(14)11-20-10-9-19-12-16(20)7-2-1-3-8-16/h4-6,19H,1-3,7-12H2. The summed E-state index contributed by atoms with van der Waals surface area (Å²) < 4.78 is 14.0. The van der Waals surface area contributed by atoms with Gasteiger partial charge in [0.05, 0.1) is 0 Å². The number of piperazine rings is 1. The molecule has 1 saturated carbocycles. The minimum Gasteiger partial charge on any atom is -0.314 e. The molecule has 0 unspecified atom stereocenters. The van der Waals surface area contributed by atoms with E-state index in [2.05, 4.69) is 10.2 Å². The number of hydrogen-bond acceptors (Lipinski definition) is 2. The Hall–Kier alpha value is -0.640.